The Morgan fingerprint density at radius 2 is 2.50 bits per heavy atom. The van der Waals surface area contributed by atoms with Gasteiger partial charge in [-0.25, -0.2) is 4.79 Å². The Balaban J connectivity index is 2.45. The summed E-state index contributed by atoms with van der Waals surface area (Å²) in [4.78, 5) is 14.0. The van der Waals surface area contributed by atoms with Crippen LogP contribution >= 0.6 is 0 Å². The number of hydrogen-bond acceptors (Lipinski definition) is 3. The fourth-order valence-electron chi connectivity index (χ4n) is 1.42. The molecule has 0 unspecified atom stereocenters. The average Bonchev–Trinajstić information content (AvgIpc) is 2.56. The van der Waals surface area contributed by atoms with E-state index in [1.54, 1.807) is 4.57 Å². The number of nitrogens with two attached hydrogens (primary N) is 1. The molecule has 12 heavy (non-hydrogen) atoms. The van der Waals surface area contributed by atoms with E-state index in [-0.39, 0.29) is 5.69 Å². The van der Waals surface area contributed by atoms with Gasteiger partial charge in [0.15, 0.2) is 0 Å². The van der Waals surface area contributed by atoms with Gasteiger partial charge in [0.2, 0.25) is 5.88 Å². The van der Waals surface area contributed by atoms with E-state index < -0.39 is 0 Å². The van der Waals surface area contributed by atoms with Crippen LogP contribution in [0.25, 0.3) is 0 Å². The molecule has 2 rings (SSSR count). The van der Waals surface area contributed by atoms with E-state index in [9.17, 15) is 4.79 Å². The zero-order valence-electron chi connectivity index (χ0n) is 6.67. The zero-order chi connectivity index (χ0) is 8.55. The van der Waals surface area contributed by atoms with Crippen molar-refractivity contribution in [1.29, 1.82) is 0 Å². The molecular weight excluding hydrogens is 158 g/mol. The molecule has 5 heteroatoms. The van der Waals surface area contributed by atoms with Gasteiger partial charge in [0, 0.05) is 19.5 Å². The quantitative estimate of drug-likeness (QED) is 0.600. The van der Waals surface area contributed by atoms with Crippen LogP contribution in [0.2, 0.25) is 0 Å². The SMILES string of the molecule is NCCn1c2c([nH]c1=O)CCO2. The molecule has 0 fully saturated rings. The molecule has 66 valence electrons. The van der Waals surface area contributed by atoms with Crippen LogP contribution in [0.5, 0.6) is 5.88 Å². The smallest absolute Gasteiger partial charge is 0.328 e. The van der Waals surface area contributed by atoms with Gasteiger partial charge >= 0.3 is 5.69 Å². The second-order valence-electron chi connectivity index (χ2n) is 2.75. The monoisotopic (exact) mass is 169 g/mol. The molecule has 0 aliphatic carbocycles. The Bertz CT molecular complexity index is 339. The molecule has 5 nitrogen and oxygen atoms in total. The Morgan fingerprint density at radius 3 is 3.25 bits per heavy atom. The molecule has 0 bridgehead atoms. The van der Waals surface area contributed by atoms with Crippen molar-refractivity contribution in [3.05, 3.63) is 16.2 Å². The Kier molecular flexibility index (Phi) is 1.65. The van der Waals surface area contributed by atoms with Crippen molar-refractivity contribution in [3.8, 4) is 5.88 Å². The Morgan fingerprint density at radius 1 is 1.67 bits per heavy atom. The summed E-state index contributed by atoms with van der Waals surface area (Å²) in [5.74, 6) is 0.672. The van der Waals surface area contributed by atoms with E-state index in [1.165, 1.54) is 0 Å². The van der Waals surface area contributed by atoms with Crippen molar-refractivity contribution in [1.82, 2.24) is 9.55 Å². The van der Waals surface area contributed by atoms with Gasteiger partial charge in [-0.1, -0.05) is 0 Å². The van der Waals surface area contributed by atoms with E-state index in [0.29, 0.717) is 25.6 Å². The first kappa shape index (κ1) is 7.42. The summed E-state index contributed by atoms with van der Waals surface area (Å²) in [6.07, 6.45) is 0.794. The third-order valence-electron chi connectivity index (χ3n) is 1.95. The van der Waals surface area contributed by atoms with Crippen molar-refractivity contribution in [2.24, 2.45) is 5.73 Å². The highest BCUT2D eigenvalue weighted by Gasteiger charge is 2.19. The van der Waals surface area contributed by atoms with Gasteiger partial charge in [0.25, 0.3) is 0 Å². The molecule has 0 atom stereocenters. The number of H-pyrrole nitrogens is 1. The van der Waals surface area contributed by atoms with Gasteiger partial charge in [-0.15, -0.1) is 0 Å². The summed E-state index contributed by atoms with van der Waals surface area (Å²) in [5, 5.41) is 0. The fraction of sp³-hybridized carbons (Fsp3) is 0.571. The number of imidazole rings is 1. The summed E-state index contributed by atoms with van der Waals surface area (Å²) < 4.78 is 6.82. The molecule has 0 saturated carbocycles. The van der Waals surface area contributed by atoms with Gasteiger partial charge in [-0.2, -0.15) is 0 Å². The standard InChI is InChI=1S/C7H11N3O2/c8-2-3-10-6-5(1-4-12-6)9-7(10)11/h1-4,8H2,(H,9,11). The molecule has 1 aliphatic rings. The number of nitrogens with zero attached hydrogens (tertiary/aromatic N) is 1. The largest absolute Gasteiger partial charge is 0.477 e. The van der Waals surface area contributed by atoms with Gasteiger partial charge in [-0.3, -0.25) is 4.57 Å². The van der Waals surface area contributed by atoms with Gasteiger partial charge in [-0.05, 0) is 0 Å². The molecule has 1 aromatic heterocycles. The molecule has 0 radical (unpaired) electrons. The number of nitrogens with one attached hydrogen (secondary N) is 1. The first-order valence-corrected chi connectivity index (χ1v) is 3.97. The van der Waals surface area contributed by atoms with Crippen LogP contribution < -0.4 is 16.2 Å². The second kappa shape index (κ2) is 2.67. The Labute approximate surface area is 69.1 Å². The van der Waals surface area contributed by atoms with Crippen LogP contribution in [0.15, 0.2) is 4.79 Å². The minimum atomic E-state index is -0.120. The number of ether oxygens (including phenoxy) is 1. The van der Waals surface area contributed by atoms with Gasteiger partial charge in [0.05, 0.1) is 12.3 Å². The topological polar surface area (TPSA) is 73.0 Å². The van der Waals surface area contributed by atoms with Gasteiger partial charge < -0.3 is 15.5 Å². The van der Waals surface area contributed by atoms with E-state index in [4.69, 9.17) is 10.5 Å². The molecule has 0 aromatic carbocycles. The van der Waals surface area contributed by atoms with Crippen LogP contribution in [0.3, 0.4) is 0 Å². The summed E-state index contributed by atoms with van der Waals surface area (Å²) in [6, 6.07) is 0. The van der Waals surface area contributed by atoms with Crippen molar-refractivity contribution in [3.63, 3.8) is 0 Å². The predicted molar refractivity (Wildman–Crippen MR) is 43.3 cm³/mol. The van der Waals surface area contributed by atoms with E-state index >= 15 is 0 Å². The maximum absolute atomic E-state index is 11.2. The summed E-state index contributed by atoms with van der Waals surface area (Å²) >= 11 is 0. The lowest BCUT2D eigenvalue weighted by molar-refractivity contribution is 0.323. The minimum absolute atomic E-state index is 0.120. The third kappa shape index (κ3) is 0.937. The van der Waals surface area contributed by atoms with E-state index in [0.717, 1.165) is 12.1 Å². The Hall–Kier alpha value is -1.23. The molecular formula is C7H11N3O2. The highest BCUT2D eigenvalue weighted by atomic mass is 16.5. The highest BCUT2D eigenvalue weighted by Crippen LogP contribution is 2.20. The van der Waals surface area contributed by atoms with Crippen LogP contribution in [-0.4, -0.2) is 22.7 Å². The first-order valence-electron chi connectivity index (χ1n) is 3.97. The fourth-order valence-corrected chi connectivity index (χ4v) is 1.42. The molecule has 1 aromatic rings. The predicted octanol–water partition coefficient (Wildman–Crippen LogP) is -0.930. The number of hydrogen-bond donors (Lipinski definition) is 2. The van der Waals surface area contributed by atoms with E-state index in [1.807, 2.05) is 0 Å². The zero-order valence-corrected chi connectivity index (χ0v) is 6.67. The lowest BCUT2D eigenvalue weighted by Crippen LogP contribution is -2.22. The molecule has 2 heterocycles. The van der Waals surface area contributed by atoms with Crippen molar-refractivity contribution in [2.75, 3.05) is 13.2 Å². The van der Waals surface area contributed by atoms with Crippen molar-refractivity contribution in [2.45, 2.75) is 13.0 Å². The number of aromatic amines is 1. The number of rotatable bonds is 2. The molecule has 3 N–H and O–H groups in total. The molecule has 1 aliphatic heterocycles. The third-order valence-corrected chi connectivity index (χ3v) is 1.95. The second-order valence-corrected chi connectivity index (χ2v) is 2.75. The van der Waals surface area contributed by atoms with Crippen molar-refractivity contribution < 1.29 is 4.74 Å². The minimum Gasteiger partial charge on any atom is -0.477 e. The lowest BCUT2D eigenvalue weighted by atomic mass is 10.4. The maximum Gasteiger partial charge on any atom is 0.328 e. The van der Waals surface area contributed by atoms with Crippen LogP contribution in [-0.2, 0) is 13.0 Å². The van der Waals surface area contributed by atoms with Crippen LogP contribution in [0.4, 0.5) is 0 Å². The number of fused-ring (bicyclic) bond motifs is 1. The highest BCUT2D eigenvalue weighted by molar-refractivity contribution is 5.24. The van der Waals surface area contributed by atoms with E-state index in [2.05, 4.69) is 4.98 Å². The lowest BCUT2D eigenvalue weighted by Gasteiger charge is -2.01. The van der Waals surface area contributed by atoms with Crippen LogP contribution in [0.1, 0.15) is 5.69 Å². The van der Waals surface area contributed by atoms with Crippen LogP contribution in [0, 0.1) is 0 Å². The summed E-state index contributed by atoms with van der Waals surface area (Å²) in [5.41, 5.74) is 6.13. The summed E-state index contributed by atoms with van der Waals surface area (Å²) in [7, 11) is 0. The normalized spacial score (nSPS) is 14.4. The maximum atomic E-state index is 11.2. The molecule has 0 saturated heterocycles. The molecule has 0 spiro atoms. The number of aromatic nitrogens is 2. The summed E-state index contributed by atoms with van der Waals surface area (Å²) in [6.45, 7) is 1.63. The average molecular weight is 169 g/mol. The van der Waals surface area contributed by atoms with Crippen molar-refractivity contribution >= 4 is 0 Å². The molecule has 0 amide bonds. The van der Waals surface area contributed by atoms with Gasteiger partial charge in [0.1, 0.15) is 0 Å². The first-order chi connectivity index (χ1) is 5.83.